The Bertz CT molecular complexity index is 556. The molecular weight excluding hydrogens is 290 g/mol. The first-order valence-corrected chi connectivity index (χ1v) is 7.79. The van der Waals surface area contributed by atoms with Gasteiger partial charge in [0.25, 0.3) is 5.91 Å². The molecule has 0 aromatic carbocycles. The molecule has 0 bridgehead atoms. The van der Waals surface area contributed by atoms with Gasteiger partial charge in [-0.15, -0.1) is 11.3 Å². The maximum absolute atomic E-state index is 11.9. The van der Waals surface area contributed by atoms with Gasteiger partial charge in [-0.25, -0.2) is 4.79 Å². The van der Waals surface area contributed by atoms with Crippen LogP contribution in [0.3, 0.4) is 0 Å². The number of primary amides is 1. The largest absolute Gasteiger partial charge is 0.465 e. The first-order valence-electron chi connectivity index (χ1n) is 6.98. The molecule has 0 aliphatic heterocycles. The molecule has 1 fully saturated rings. The van der Waals surface area contributed by atoms with Gasteiger partial charge in [0.15, 0.2) is 0 Å². The van der Waals surface area contributed by atoms with E-state index in [1.165, 1.54) is 26.4 Å². The number of carbonyl (C=O) groups is 2. The molecule has 0 spiro atoms. The van der Waals surface area contributed by atoms with Crippen LogP contribution in [0.4, 0.5) is 10.7 Å². The van der Waals surface area contributed by atoms with Crippen LogP contribution in [-0.2, 0) is 4.74 Å². The Morgan fingerprint density at radius 1 is 1.43 bits per heavy atom. The van der Waals surface area contributed by atoms with E-state index >= 15 is 0 Å². The third kappa shape index (κ3) is 3.29. The van der Waals surface area contributed by atoms with E-state index in [4.69, 9.17) is 16.2 Å². The summed E-state index contributed by atoms with van der Waals surface area (Å²) < 4.78 is 4.74. The van der Waals surface area contributed by atoms with Crippen LogP contribution in [0.5, 0.6) is 0 Å². The molecule has 1 saturated carbocycles. The molecule has 1 aliphatic rings. The molecule has 1 amide bonds. The SMILES string of the molecule is COC(=O)c1c(NCC2CCC(C)C2)sc(C(N)=O)c1N. The van der Waals surface area contributed by atoms with Crippen molar-refractivity contribution in [1.82, 2.24) is 0 Å². The zero-order chi connectivity index (χ0) is 15.6. The minimum atomic E-state index is -0.634. The van der Waals surface area contributed by atoms with Crippen LogP contribution >= 0.6 is 11.3 Å². The highest BCUT2D eigenvalue weighted by Gasteiger charge is 2.26. The number of nitrogens with two attached hydrogens (primary N) is 2. The minimum absolute atomic E-state index is 0.0987. The van der Waals surface area contributed by atoms with E-state index in [-0.39, 0.29) is 16.1 Å². The number of amides is 1. The fourth-order valence-electron chi connectivity index (χ4n) is 2.80. The molecule has 2 rings (SSSR count). The number of ether oxygens (including phenoxy) is 1. The molecule has 6 nitrogen and oxygen atoms in total. The highest BCUT2D eigenvalue weighted by molar-refractivity contribution is 7.19. The topological polar surface area (TPSA) is 107 Å². The molecule has 2 unspecified atom stereocenters. The van der Waals surface area contributed by atoms with Gasteiger partial charge in [-0.3, -0.25) is 4.79 Å². The van der Waals surface area contributed by atoms with Gasteiger partial charge in [0.2, 0.25) is 0 Å². The molecule has 7 heteroatoms. The Kier molecular flexibility index (Phi) is 4.72. The molecule has 21 heavy (non-hydrogen) atoms. The highest BCUT2D eigenvalue weighted by atomic mass is 32.1. The van der Waals surface area contributed by atoms with Gasteiger partial charge >= 0.3 is 5.97 Å². The van der Waals surface area contributed by atoms with Gasteiger partial charge in [-0.1, -0.05) is 13.3 Å². The molecule has 1 aromatic rings. The maximum Gasteiger partial charge on any atom is 0.343 e. The summed E-state index contributed by atoms with van der Waals surface area (Å²) in [4.78, 5) is 23.4. The fourth-order valence-corrected chi connectivity index (χ4v) is 3.77. The first kappa shape index (κ1) is 15.6. The van der Waals surface area contributed by atoms with Crippen molar-refractivity contribution < 1.29 is 14.3 Å². The Morgan fingerprint density at radius 2 is 2.14 bits per heavy atom. The van der Waals surface area contributed by atoms with E-state index in [1.54, 1.807) is 0 Å². The predicted molar refractivity (Wildman–Crippen MR) is 83.6 cm³/mol. The number of anilines is 2. The Morgan fingerprint density at radius 3 is 2.67 bits per heavy atom. The van der Waals surface area contributed by atoms with E-state index in [2.05, 4.69) is 12.2 Å². The lowest BCUT2D eigenvalue weighted by Crippen LogP contribution is -2.14. The van der Waals surface area contributed by atoms with Crippen molar-refractivity contribution in [2.24, 2.45) is 17.6 Å². The van der Waals surface area contributed by atoms with Crippen LogP contribution in [0, 0.1) is 11.8 Å². The monoisotopic (exact) mass is 311 g/mol. The second-order valence-electron chi connectivity index (χ2n) is 5.57. The van der Waals surface area contributed by atoms with Gasteiger partial charge in [0, 0.05) is 6.54 Å². The lowest BCUT2D eigenvalue weighted by Gasteiger charge is -2.12. The van der Waals surface area contributed by atoms with Crippen LogP contribution < -0.4 is 16.8 Å². The van der Waals surface area contributed by atoms with Crippen LogP contribution in [0.1, 0.15) is 46.2 Å². The number of hydrogen-bond acceptors (Lipinski definition) is 6. The molecular formula is C14H21N3O3S. The standard InChI is InChI=1S/C14H21N3O3S/c1-7-3-4-8(5-7)6-17-13-9(14(19)20-2)10(15)11(21-13)12(16)18/h7-8,17H,3-6,15H2,1-2H3,(H2,16,18). The summed E-state index contributed by atoms with van der Waals surface area (Å²) in [5.41, 5.74) is 11.5. The maximum atomic E-state index is 11.9. The number of esters is 1. The number of methoxy groups -OCH3 is 1. The Hall–Kier alpha value is -1.76. The quantitative estimate of drug-likeness (QED) is 0.721. The van der Waals surface area contributed by atoms with Gasteiger partial charge < -0.3 is 21.5 Å². The zero-order valence-corrected chi connectivity index (χ0v) is 13.1. The van der Waals surface area contributed by atoms with Crippen molar-refractivity contribution in [1.29, 1.82) is 0 Å². The number of nitrogens with one attached hydrogen (secondary N) is 1. The van der Waals surface area contributed by atoms with Crippen molar-refractivity contribution in [3.05, 3.63) is 10.4 Å². The average molecular weight is 311 g/mol. The van der Waals surface area contributed by atoms with Crippen molar-refractivity contribution in [2.45, 2.75) is 26.2 Å². The molecule has 0 radical (unpaired) electrons. The number of hydrogen-bond donors (Lipinski definition) is 3. The Balaban J connectivity index is 2.19. The molecule has 1 aromatic heterocycles. The second kappa shape index (κ2) is 6.34. The van der Waals surface area contributed by atoms with Crippen LogP contribution in [0.25, 0.3) is 0 Å². The third-order valence-electron chi connectivity index (χ3n) is 3.91. The summed E-state index contributed by atoms with van der Waals surface area (Å²) in [6, 6.07) is 0. The molecule has 0 saturated heterocycles. The van der Waals surface area contributed by atoms with Crippen LogP contribution in [-0.4, -0.2) is 25.5 Å². The van der Waals surface area contributed by atoms with Gasteiger partial charge in [-0.05, 0) is 24.7 Å². The summed E-state index contributed by atoms with van der Waals surface area (Å²) >= 11 is 1.11. The number of carbonyl (C=O) groups excluding carboxylic acids is 2. The number of thiophene rings is 1. The van der Waals surface area contributed by atoms with E-state index in [1.807, 2.05) is 0 Å². The van der Waals surface area contributed by atoms with E-state index in [0.717, 1.165) is 23.8 Å². The molecule has 116 valence electrons. The van der Waals surface area contributed by atoms with Crippen molar-refractivity contribution >= 4 is 33.9 Å². The average Bonchev–Trinajstić information content (AvgIpc) is 2.99. The van der Waals surface area contributed by atoms with E-state index in [9.17, 15) is 9.59 Å². The fraction of sp³-hybridized carbons (Fsp3) is 0.571. The van der Waals surface area contributed by atoms with E-state index in [0.29, 0.717) is 10.9 Å². The second-order valence-corrected chi connectivity index (χ2v) is 6.59. The summed E-state index contributed by atoms with van der Waals surface area (Å²) in [5, 5.41) is 3.80. The predicted octanol–water partition coefficient (Wildman–Crippen LogP) is 2.06. The highest BCUT2D eigenvalue weighted by Crippen LogP contribution is 2.37. The molecule has 2 atom stereocenters. The molecule has 5 N–H and O–H groups in total. The first-order chi connectivity index (χ1) is 9.93. The summed E-state index contributed by atoms with van der Waals surface area (Å²) in [5.74, 6) is 0.126. The van der Waals surface area contributed by atoms with Crippen molar-refractivity contribution in [2.75, 3.05) is 24.7 Å². The molecule has 1 heterocycles. The van der Waals surface area contributed by atoms with Crippen molar-refractivity contribution in [3.8, 4) is 0 Å². The van der Waals surface area contributed by atoms with Gasteiger partial charge in [0.05, 0.1) is 12.8 Å². The van der Waals surface area contributed by atoms with Crippen LogP contribution in [0.2, 0.25) is 0 Å². The van der Waals surface area contributed by atoms with Gasteiger partial charge in [0.1, 0.15) is 15.4 Å². The van der Waals surface area contributed by atoms with Crippen LogP contribution in [0.15, 0.2) is 0 Å². The number of nitrogen functional groups attached to an aromatic ring is 1. The van der Waals surface area contributed by atoms with E-state index < -0.39 is 11.9 Å². The molecule has 1 aliphatic carbocycles. The summed E-state index contributed by atoms with van der Waals surface area (Å²) in [6.07, 6.45) is 3.57. The lowest BCUT2D eigenvalue weighted by molar-refractivity contribution is 0.0603. The van der Waals surface area contributed by atoms with Crippen molar-refractivity contribution in [3.63, 3.8) is 0 Å². The summed E-state index contributed by atoms with van der Waals surface area (Å²) in [7, 11) is 1.28. The Labute approximate surface area is 127 Å². The minimum Gasteiger partial charge on any atom is -0.465 e. The smallest absolute Gasteiger partial charge is 0.343 e. The zero-order valence-electron chi connectivity index (χ0n) is 12.3. The lowest BCUT2D eigenvalue weighted by atomic mass is 10.1. The van der Waals surface area contributed by atoms with Gasteiger partial charge in [-0.2, -0.15) is 0 Å². The normalized spacial score (nSPS) is 21.2. The third-order valence-corrected chi connectivity index (χ3v) is 5.09. The number of rotatable bonds is 5. The summed E-state index contributed by atoms with van der Waals surface area (Å²) in [6.45, 7) is 3.00.